The lowest BCUT2D eigenvalue weighted by Crippen LogP contribution is -2.49. The lowest BCUT2D eigenvalue weighted by molar-refractivity contribution is 0.0115. The van der Waals surface area contributed by atoms with Crippen LogP contribution < -0.4 is 14.4 Å². The molecule has 2 aromatic carbocycles. The molecular weight excluding hydrogens is 454 g/mol. The van der Waals surface area contributed by atoms with E-state index in [4.69, 9.17) is 14.2 Å². The van der Waals surface area contributed by atoms with Gasteiger partial charge in [0.05, 0.1) is 20.3 Å². The van der Waals surface area contributed by atoms with Crippen molar-refractivity contribution in [2.75, 3.05) is 57.9 Å². The van der Waals surface area contributed by atoms with Gasteiger partial charge >= 0.3 is 6.09 Å². The van der Waals surface area contributed by atoms with Crippen LogP contribution in [0.15, 0.2) is 42.5 Å². The molecule has 0 aromatic heterocycles. The number of anilines is 1. The molecule has 194 valence electrons. The molecule has 7 heteroatoms. The van der Waals surface area contributed by atoms with E-state index in [2.05, 4.69) is 41.8 Å². The van der Waals surface area contributed by atoms with Gasteiger partial charge in [0, 0.05) is 51.0 Å². The summed E-state index contributed by atoms with van der Waals surface area (Å²) in [4.78, 5) is 20.1. The third-order valence-corrected chi connectivity index (χ3v) is 8.10. The molecule has 3 aliphatic heterocycles. The van der Waals surface area contributed by atoms with Gasteiger partial charge in [0.2, 0.25) is 0 Å². The van der Waals surface area contributed by atoms with Gasteiger partial charge in [0.15, 0.2) is 0 Å². The maximum atomic E-state index is 13.1. The van der Waals surface area contributed by atoms with E-state index in [9.17, 15) is 4.79 Å². The molecule has 1 amide bonds. The van der Waals surface area contributed by atoms with Crippen LogP contribution in [-0.4, -0.2) is 75.0 Å². The number of methoxy groups -OCH3 is 1. The number of ether oxygens (including phenoxy) is 3. The SMILES string of the molecule is COc1ccc(OC(=O)N2CCC(C)(C)c3ccc(N4CCC(N5CCOCC5)CC4)cc3C2)cc1. The Morgan fingerprint density at radius 3 is 2.33 bits per heavy atom. The second kappa shape index (κ2) is 10.7. The van der Waals surface area contributed by atoms with Crippen LogP contribution in [0.1, 0.15) is 44.2 Å². The molecule has 0 N–H and O–H groups in total. The van der Waals surface area contributed by atoms with Crippen molar-refractivity contribution < 1.29 is 19.0 Å². The monoisotopic (exact) mass is 493 g/mol. The Labute approximate surface area is 214 Å². The minimum atomic E-state index is -0.305. The molecule has 2 aromatic rings. The number of hydrogen-bond acceptors (Lipinski definition) is 6. The summed E-state index contributed by atoms with van der Waals surface area (Å²) >= 11 is 0. The summed E-state index contributed by atoms with van der Waals surface area (Å²) in [6.07, 6.45) is 2.95. The first kappa shape index (κ1) is 24.9. The zero-order valence-corrected chi connectivity index (χ0v) is 21.9. The predicted molar refractivity (Wildman–Crippen MR) is 141 cm³/mol. The Balaban J connectivity index is 1.28. The molecule has 36 heavy (non-hydrogen) atoms. The number of hydrogen-bond donors (Lipinski definition) is 0. The largest absolute Gasteiger partial charge is 0.497 e. The van der Waals surface area contributed by atoms with Crippen LogP contribution in [0, 0.1) is 0 Å². The normalized spacial score (nSPS) is 21.0. The highest BCUT2D eigenvalue weighted by molar-refractivity contribution is 5.71. The molecule has 2 fully saturated rings. The van der Waals surface area contributed by atoms with Gasteiger partial charge in [-0.3, -0.25) is 4.90 Å². The molecule has 7 nitrogen and oxygen atoms in total. The lowest BCUT2D eigenvalue weighted by Gasteiger charge is -2.41. The van der Waals surface area contributed by atoms with Crippen molar-refractivity contribution in [3.05, 3.63) is 53.6 Å². The Bertz CT molecular complexity index is 1040. The molecular formula is C29H39N3O4. The zero-order valence-electron chi connectivity index (χ0n) is 21.9. The summed E-state index contributed by atoms with van der Waals surface area (Å²) in [5.41, 5.74) is 3.80. The molecule has 2 saturated heterocycles. The number of fused-ring (bicyclic) bond motifs is 1. The van der Waals surface area contributed by atoms with Gasteiger partial charge in [-0.05, 0) is 72.2 Å². The van der Waals surface area contributed by atoms with Crippen molar-refractivity contribution >= 4 is 11.8 Å². The van der Waals surface area contributed by atoms with Gasteiger partial charge in [-0.1, -0.05) is 19.9 Å². The van der Waals surface area contributed by atoms with Crippen molar-refractivity contribution in [3.8, 4) is 11.5 Å². The minimum absolute atomic E-state index is 0.00761. The number of nitrogens with zero attached hydrogens (tertiary/aromatic N) is 3. The average molecular weight is 494 g/mol. The number of amides is 1. The van der Waals surface area contributed by atoms with Crippen LogP contribution in [0.3, 0.4) is 0 Å². The third kappa shape index (κ3) is 5.47. The first-order valence-corrected chi connectivity index (χ1v) is 13.2. The van der Waals surface area contributed by atoms with Crippen LogP contribution in [0.2, 0.25) is 0 Å². The van der Waals surface area contributed by atoms with E-state index in [1.165, 1.54) is 29.7 Å². The van der Waals surface area contributed by atoms with Crippen LogP contribution in [0.5, 0.6) is 11.5 Å². The number of morpholine rings is 1. The summed E-state index contributed by atoms with van der Waals surface area (Å²) < 4.78 is 16.5. The van der Waals surface area contributed by atoms with E-state index < -0.39 is 0 Å². The van der Waals surface area contributed by atoms with Crippen LogP contribution in [0.4, 0.5) is 10.5 Å². The summed E-state index contributed by atoms with van der Waals surface area (Å²) in [6, 6.07) is 14.7. The summed E-state index contributed by atoms with van der Waals surface area (Å²) in [5.74, 6) is 1.27. The Morgan fingerprint density at radius 2 is 1.64 bits per heavy atom. The topological polar surface area (TPSA) is 54.5 Å². The number of carbonyl (C=O) groups excluding carboxylic acids is 1. The van der Waals surface area contributed by atoms with E-state index in [1.54, 1.807) is 31.4 Å². The van der Waals surface area contributed by atoms with Crippen LogP contribution in [0.25, 0.3) is 0 Å². The second-order valence-electron chi connectivity index (χ2n) is 10.8. The Kier molecular flexibility index (Phi) is 7.39. The van der Waals surface area contributed by atoms with Crippen molar-refractivity contribution in [2.24, 2.45) is 0 Å². The van der Waals surface area contributed by atoms with E-state index in [0.717, 1.165) is 51.6 Å². The minimum Gasteiger partial charge on any atom is -0.497 e. The summed E-state index contributed by atoms with van der Waals surface area (Å²) in [7, 11) is 1.62. The summed E-state index contributed by atoms with van der Waals surface area (Å²) in [6.45, 7) is 11.7. The van der Waals surface area contributed by atoms with E-state index in [0.29, 0.717) is 24.9 Å². The van der Waals surface area contributed by atoms with Gasteiger partial charge in [0.1, 0.15) is 11.5 Å². The van der Waals surface area contributed by atoms with E-state index in [1.807, 2.05) is 4.90 Å². The van der Waals surface area contributed by atoms with Gasteiger partial charge in [0.25, 0.3) is 0 Å². The number of benzene rings is 2. The van der Waals surface area contributed by atoms with E-state index in [-0.39, 0.29) is 11.5 Å². The predicted octanol–water partition coefficient (Wildman–Crippen LogP) is 4.68. The molecule has 0 saturated carbocycles. The third-order valence-electron chi connectivity index (χ3n) is 8.10. The quantitative estimate of drug-likeness (QED) is 0.617. The Morgan fingerprint density at radius 1 is 0.944 bits per heavy atom. The maximum Gasteiger partial charge on any atom is 0.415 e. The highest BCUT2D eigenvalue weighted by Crippen LogP contribution is 2.37. The van der Waals surface area contributed by atoms with Crippen LogP contribution in [-0.2, 0) is 16.7 Å². The smallest absolute Gasteiger partial charge is 0.415 e. The molecule has 5 rings (SSSR count). The second-order valence-corrected chi connectivity index (χ2v) is 10.8. The number of piperidine rings is 1. The molecule has 0 spiro atoms. The molecule has 3 heterocycles. The molecule has 0 radical (unpaired) electrons. The first-order chi connectivity index (χ1) is 17.4. The fourth-order valence-corrected chi connectivity index (χ4v) is 5.80. The van der Waals surface area contributed by atoms with Gasteiger partial charge in [-0.25, -0.2) is 4.79 Å². The fraction of sp³-hybridized carbons (Fsp3) is 0.552. The highest BCUT2D eigenvalue weighted by Gasteiger charge is 2.32. The van der Waals surface area contributed by atoms with Gasteiger partial charge in [-0.15, -0.1) is 0 Å². The van der Waals surface area contributed by atoms with Crippen molar-refractivity contribution in [1.82, 2.24) is 9.80 Å². The van der Waals surface area contributed by atoms with Crippen molar-refractivity contribution in [3.63, 3.8) is 0 Å². The standard InChI is InChI=1S/C29H39N3O4/c1-29(2)12-15-32(28(33)36-26-7-5-25(34-3)6-8-26)21-22-20-24(4-9-27(22)29)30-13-10-23(11-14-30)31-16-18-35-19-17-31/h4-9,20,23H,10-19,21H2,1-3H3. The summed E-state index contributed by atoms with van der Waals surface area (Å²) in [5, 5.41) is 0. The first-order valence-electron chi connectivity index (χ1n) is 13.2. The highest BCUT2D eigenvalue weighted by atomic mass is 16.6. The Hall–Kier alpha value is -2.77. The van der Waals surface area contributed by atoms with Gasteiger partial charge < -0.3 is 24.0 Å². The molecule has 3 aliphatic rings. The zero-order chi connectivity index (χ0) is 25.1. The van der Waals surface area contributed by atoms with Gasteiger partial charge in [-0.2, -0.15) is 0 Å². The molecule has 0 unspecified atom stereocenters. The fourth-order valence-electron chi connectivity index (χ4n) is 5.80. The molecule has 0 atom stereocenters. The van der Waals surface area contributed by atoms with E-state index >= 15 is 0 Å². The average Bonchev–Trinajstić information content (AvgIpc) is 3.05. The lowest BCUT2D eigenvalue weighted by atomic mass is 9.80. The number of carbonyl (C=O) groups is 1. The van der Waals surface area contributed by atoms with Crippen LogP contribution >= 0.6 is 0 Å². The molecule has 0 bridgehead atoms. The molecule has 0 aliphatic carbocycles. The van der Waals surface area contributed by atoms with Crippen molar-refractivity contribution in [2.45, 2.75) is 51.1 Å². The van der Waals surface area contributed by atoms with Crippen molar-refractivity contribution in [1.29, 1.82) is 0 Å². The number of rotatable bonds is 4. The maximum absolute atomic E-state index is 13.1.